The van der Waals surface area contributed by atoms with Crippen molar-refractivity contribution in [2.45, 2.75) is 13.3 Å². The quantitative estimate of drug-likeness (QED) is 0.540. The van der Waals surface area contributed by atoms with Crippen molar-refractivity contribution < 1.29 is 5.11 Å². The van der Waals surface area contributed by atoms with Crippen LogP contribution in [0.1, 0.15) is 12.5 Å². The van der Waals surface area contributed by atoms with E-state index in [1.165, 1.54) is 10.9 Å². The zero-order valence-corrected chi connectivity index (χ0v) is 8.19. The average Bonchev–Trinajstić information content (AvgIpc) is 2.48. The summed E-state index contributed by atoms with van der Waals surface area (Å²) in [5, 5.41) is 12.7. The first-order valence-electron chi connectivity index (χ1n) is 4.21. The molecule has 0 atom stereocenters. The SMILES string of the molecule is CCc1csc2cc(O)c(N)cc12. The summed E-state index contributed by atoms with van der Waals surface area (Å²) in [5.74, 6) is 0.178. The molecule has 0 bridgehead atoms. The van der Waals surface area contributed by atoms with E-state index < -0.39 is 0 Å². The van der Waals surface area contributed by atoms with Crippen LogP contribution in [-0.2, 0) is 6.42 Å². The molecule has 13 heavy (non-hydrogen) atoms. The standard InChI is InChI=1S/C10H11NOS/c1-2-6-5-13-10-4-9(12)8(11)3-7(6)10/h3-5,12H,2,11H2,1H3. The van der Waals surface area contributed by atoms with Gasteiger partial charge in [-0.3, -0.25) is 0 Å². The molecule has 0 unspecified atom stereocenters. The number of phenolic OH excluding ortho intramolecular Hbond substituents is 1. The first kappa shape index (κ1) is 8.38. The Hall–Kier alpha value is -1.22. The van der Waals surface area contributed by atoms with E-state index in [1.54, 1.807) is 17.4 Å². The number of nitrogens with two attached hydrogens (primary N) is 1. The number of anilines is 1. The van der Waals surface area contributed by atoms with E-state index in [0.29, 0.717) is 5.69 Å². The minimum Gasteiger partial charge on any atom is -0.506 e. The van der Waals surface area contributed by atoms with Crippen LogP contribution >= 0.6 is 11.3 Å². The number of hydrogen-bond donors (Lipinski definition) is 2. The van der Waals surface area contributed by atoms with Crippen molar-refractivity contribution in [2.75, 3.05) is 5.73 Å². The van der Waals surface area contributed by atoms with Gasteiger partial charge < -0.3 is 10.8 Å². The molecule has 3 N–H and O–H groups in total. The van der Waals surface area contributed by atoms with E-state index in [4.69, 9.17) is 5.73 Å². The maximum atomic E-state index is 9.38. The van der Waals surface area contributed by atoms with Crippen LogP contribution in [0.3, 0.4) is 0 Å². The zero-order chi connectivity index (χ0) is 9.42. The van der Waals surface area contributed by atoms with Crippen molar-refractivity contribution in [2.24, 2.45) is 0 Å². The molecule has 1 aromatic carbocycles. The summed E-state index contributed by atoms with van der Waals surface area (Å²) in [6, 6.07) is 3.58. The molecule has 0 spiro atoms. The molecule has 0 saturated carbocycles. The third-order valence-corrected chi connectivity index (χ3v) is 3.18. The molecule has 0 fully saturated rings. The topological polar surface area (TPSA) is 46.2 Å². The Morgan fingerprint density at radius 1 is 1.46 bits per heavy atom. The second kappa shape index (κ2) is 2.92. The lowest BCUT2D eigenvalue weighted by Gasteiger charge is -1.99. The first-order valence-corrected chi connectivity index (χ1v) is 5.09. The molecule has 0 aliphatic carbocycles. The van der Waals surface area contributed by atoms with Crippen LogP contribution in [0.25, 0.3) is 10.1 Å². The fourth-order valence-electron chi connectivity index (χ4n) is 1.41. The lowest BCUT2D eigenvalue weighted by Crippen LogP contribution is -1.85. The summed E-state index contributed by atoms with van der Waals surface area (Å²) in [4.78, 5) is 0. The number of rotatable bonds is 1. The average molecular weight is 193 g/mol. The van der Waals surface area contributed by atoms with E-state index in [-0.39, 0.29) is 5.75 Å². The van der Waals surface area contributed by atoms with Crippen LogP contribution in [0, 0.1) is 0 Å². The monoisotopic (exact) mass is 193 g/mol. The molecule has 3 heteroatoms. The van der Waals surface area contributed by atoms with E-state index in [1.807, 2.05) is 6.07 Å². The highest BCUT2D eigenvalue weighted by Crippen LogP contribution is 2.33. The fraction of sp³-hybridized carbons (Fsp3) is 0.200. The van der Waals surface area contributed by atoms with Crippen molar-refractivity contribution >= 4 is 27.1 Å². The van der Waals surface area contributed by atoms with Gasteiger partial charge in [0.1, 0.15) is 5.75 Å². The van der Waals surface area contributed by atoms with Gasteiger partial charge in [0.15, 0.2) is 0 Å². The lowest BCUT2D eigenvalue weighted by molar-refractivity contribution is 0.479. The third kappa shape index (κ3) is 1.25. The second-order valence-electron chi connectivity index (χ2n) is 3.02. The van der Waals surface area contributed by atoms with Gasteiger partial charge in [0.05, 0.1) is 5.69 Å². The fourth-order valence-corrected chi connectivity index (χ4v) is 2.47. The van der Waals surface area contributed by atoms with Crippen LogP contribution < -0.4 is 5.73 Å². The summed E-state index contributed by atoms with van der Waals surface area (Å²) in [5.41, 5.74) is 7.38. The van der Waals surface area contributed by atoms with Gasteiger partial charge in [-0.25, -0.2) is 0 Å². The molecule has 0 amide bonds. The molecule has 0 radical (unpaired) electrons. The molecule has 1 heterocycles. The number of phenols is 1. The Bertz CT molecular complexity index is 447. The van der Waals surface area contributed by atoms with Gasteiger partial charge in [-0.1, -0.05) is 6.92 Å². The molecular weight excluding hydrogens is 182 g/mol. The molecule has 0 aliphatic heterocycles. The summed E-state index contributed by atoms with van der Waals surface area (Å²) in [6.07, 6.45) is 1.00. The number of aryl methyl sites for hydroxylation is 1. The van der Waals surface area contributed by atoms with Gasteiger partial charge in [0.2, 0.25) is 0 Å². The van der Waals surface area contributed by atoms with Crippen molar-refractivity contribution in [1.82, 2.24) is 0 Å². The van der Waals surface area contributed by atoms with Crippen molar-refractivity contribution in [3.63, 3.8) is 0 Å². The predicted octanol–water partition coefficient (Wildman–Crippen LogP) is 2.75. The summed E-state index contributed by atoms with van der Waals surface area (Å²) >= 11 is 1.65. The highest BCUT2D eigenvalue weighted by Gasteiger charge is 2.05. The first-order chi connectivity index (χ1) is 6.22. The molecule has 0 saturated heterocycles. The minimum atomic E-state index is 0.178. The van der Waals surface area contributed by atoms with E-state index in [9.17, 15) is 5.11 Å². The number of benzene rings is 1. The maximum Gasteiger partial charge on any atom is 0.139 e. The summed E-state index contributed by atoms with van der Waals surface area (Å²) in [6.45, 7) is 2.12. The third-order valence-electron chi connectivity index (χ3n) is 2.18. The van der Waals surface area contributed by atoms with Crippen LogP contribution in [0.2, 0.25) is 0 Å². The van der Waals surface area contributed by atoms with E-state index in [2.05, 4.69) is 12.3 Å². The number of thiophene rings is 1. The summed E-state index contributed by atoms with van der Waals surface area (Å²) < 4.78 is 1.10. The van der Waals surface area contributed by atoms with Crippen LogP contribution in [0.4, 0.5) is 5.69 Å². The molecular formula is C10H11NOS. The Balaban J connectivity index is 2.77. The van der Waals surface area contributed by atoms with Gasteiger partial charge >= 0.3 is 0 Å². The smallest absolute Gasteiger partial charge is 0.139 e. The Morgan fingerprint density at radius 2 is 2.23 bits per heavy atom. The molecule has 68 valence electrons. The number of aromatic hydroxyl groups is 1. The second-order valence-corrected chi connectivity index (χ2v) is 3.93. The predicted molar refractivity (Wildman–Crippen MR) is 57.3 cm³/mol. The molecule has 0 aliphatic rings. The van der Waals surface area contributed by atoms with Crippen LogP contribution in [0.15, 0.2) is 17.5 Å². The van der Waals surface area contributed by atoms with Crippen molar-refractivity contribution in [3.8, 4) is 5.75 Å². The number of fused-ring (bicyclic) bond motifs is 1. The van der Waals surface area contributed by atoms with Gasteiger partial charge in [-0.15, -0.1) is 11.3 Å². The Morgan fingerprint density at radius 3 is 2.92 bits per heavy atom. The number of nitrogen functional groups attached to an aromatic ring is 1. The van der Waals surface area contributed by atoms with E-state index in [0.717, 1.165) is 11.1 Å². The molecule has 2 aromatic rings. The normalized spacial score (nSPS) is 10.8. The lowest BCUT2D eigenvalue weighted by atomic mass is 10.1. The Kier molecular flexibility index (Phi) is 1.88. The largest absolute Gasteiger partial charge is 0.506 e. The number of hydrogen-bond acceptors (Lipinski definition) is 3. The highest BCUT2D eigenvalue weighted by molar-refractivity contribution is 7.17. The molecule has 2 rings (SSSR count). The Labute approximate surface area is 80.6 Å². The van der Waals surface area contributed by atoms with Gasteiger partial charge in [0.25, 0.3) is 0 Å². The zero-order valence-electron chi connectivity index (χ0n) is 7.37. The van der Waals surface area contributed by atoms with Gasteiger partial charge in [0, 0.05) is 4.70 Å². The van der Waals surface area contributed by atoms with E-state index >= 15 is 0 Å². The van der Waals surface area contributed by atoms with Gasteiger partial charge in [-0.05, 0) is 34.9 Å². The summed E-state index contributed by atoms with van der Waals surface area (Å²) in [7, 11) is 0. The molecule has 1 aromatic heterocycles. The van der Waals surface area contributed by atoms with Crippen LogP contribution in [0.5, 0.6) is 5.75 Å². The van der Waals surface area contributed by atoms with Crippen molar-refractivity contribution in [1.29, 1.82) is 0 Å². The minimum absolute atomic E-state index is 0.178. The van der Waals surface area contributed by atoms with Crippen molar-refractivity contribution in [3.05, 3.63) is 23.1 Å². The highest BCUT2D eigenvalue weighted by atomic mass is 32.1. The maximum absolute atomic E-state index is 9.38. The van der Waals surface area contributed by atoms with Gasteiger partial charge in [-0.2, -0.15) is 0 Å². The van der Waals surface area contributed by atoms with Crippen LogP contribution in [-0.4, -0.2) is 5.11 Å². The molecule has 2 nitrogen and oxygen atoms in total.